The summed E-state index contributed by atoms with van der Waals surface area (Å²) < 4.78 is 0. The number of hydrogen-bond acceptors (Lipinski definition) is 1. The van der Waals surface area contributed by atoms with Crippen molar-refractivity contribution in [3.63, 3.8) is 0 Å². The summed E-state index contributed by atoms with van der Waals surface area (Å²) in [6, 6.07) is 11.0. The molecule has 0 aromatic heterocycles. The summed E-state index contributed by atoms with van der Waals surface area (Å²) >= 11 is 0. The van der Waals surface area contributed by atoms with Crippen LogP contribution in [0.25, 0.3) is 0 Å². The van der Waals surface area contributed by atoms with Crippen molar-refractivity contribution in [2.24, 2.45) is 41.4 Å². The van der Waals surface area contributed by atoms with Gasteiger partial charge in [-0.3, -0.25) is 4.79 Å². The highest BCUT2D eigenvalue weighted by molar-refractivity contribution is 5.67. The van der Waals surface area contributed by atoms with Crippen LogP contribution in [0.1, 0.15) is 37.2 Å². The first-order valence-corrected chi connectivity index (χ1v) is 9.19. The molecule has 120 valence electrons. The quantitative estimate of drug-likeness (QED) is 0.843. The first-order valence-electron chi connectivity index (χ1n) is 9.19. The average Bonchev–Trinajstić information content (AvgIpc) is 2.92. The van der Waals surface area contributed by atoms with Crippen LogP contribution >= 0.6 is 0 Å². The Morgan fingerprint density at radius 1 is 1.04 bits per heavy atom. The molecular formula is C21H24O2. The van der Waals surface area contributed by atoms with Crippen LogP contribution in [-0.2, 0) is 4.79 Å². The Morgan fingerprint density at radius 3 is 2.61 bits per heavy atom. The second kappa shape index (κ2) is 4.96. The highest BCUT2D eigenvalue weighted by atomic mass is 16.4. The molecule has 1 aromatic carbocycles. The number of benzene rings is 1. The Morgan fingerprint density at radius 2 is 1.83 bits per heavy atom. The van der Waals surface area contributed by atoms with Crippen LogP contribution in [0.15, 0.2) is 42.5 Å². The topological polar surface area (TPSA) is 37.3 Å². The van der Waals surface area contributed by atoms with Crippen LogP contribution in [0.2, 0.25) is 0 Å². The van der Waals surface area contributed by atoms with Gasteiger partial charge in [-0.05, 0) is 72.2 Å². The fraction of sp³-hybridized carbons (Fsp3) is 0.571. The van der Waals surface area contributed by atoms with E-state index < -0.39 is 5.97 Å². The molecule has 5 rings (SSSR count). The van der Waals surface area contributed by atoms with Gasteiger partial charge in [0.25, 0.3) is 0 Å². The molecular weight excluding hydrogens is 284 g/mol. The van der Waals surface area contributed by atoms with E-state index in [1.54, 1.807) is 0 Å². The van der Waals surface area contributed by atoms with Crippen molar-refractivity contribution >= 4 is 5.97 Å². The molecule has 2 heteroatoms. The van der Waals surface area contributed by atoms with Gasteiger partial charge < -0.3 is 5.11 Å². The minimum atomic E-state index is -0.610. The lowest BCUT2D eigenvalue weighted by Gasteiger charge is -2.55. The standard InChI is InChI=1S/C21H24O2/c22-19(23)11-17-16-9-8-15-14(12-4-2-1-3-5-12)7-6-13-10-18(17)21(16)20(13)15/h1-5,8-9,13-18,20-21H,6-7,10-11H2,(H,22,23). The molecule has 1 aromatic rings. The van der Waals surface area contributed by atoms with Gasteiger partial charge in [0.2, 0.25) is 0 Å². The third kappa shape index (κ3) is 1.90. The summed E-state index contributed by atoms with van der Waals surface area (Å²) in [5.41, 5.74) is 1.50. The fourth-order valence-electron chi connectivity index (χ4n) is 6.79. The van der Waals surface area contributed by atoms with Gasteiger partial charge in [-0.1, -0.05) is 42.5 Å². The largest absolute Gasteiger partial charge is 0.481 e. The van der Waals surface area contributed by atoms with E-state index in [1.807, 2.05) is 0 Å². The van der Waals surface area contributed by atoms with Crippen LogP contribution < -0.4 is 0 Å². The van der Waals surface area contributed by atoms with Crippen molar-refractivity contribution in [1.82, 2.24) is 0 Å². The lowest BCUT2D eigenvalue weighted by Crippen LogP contribution is -2.50. The summed E-state index contributed by atoms with van der Waals surface area (Å²) in [5, 5.41) is 9.22. The molecule has 0 radical (unpaired) electrons. The lowest BCUT2D eigenvalue weighted by molar-refractivity contribution is -0.142. The zero-order valence-corrected chi connectivity index (χ0v) is 13.3. The number of carboxylic acids is 1. The maximum absolute atomic E-state index is 11.2. The van der Waals surface area contributed by atoms with E-state index in [4.69, 9.17) is 0 Å². The third-order valence-corrected chi connectivity index (χ3v) is 7.50. The Labute approximate surface area is 137 Å². The number of carbonyl (C=O) groups is 1. The third-order valence-electron chi connectivity index (χ3n) is 7.50. The van der Waals surface area contributed by atoms with Crippen LogP contribution in [0, 0.1) is 41.4 Å². The van der Waals surface area contributed by atoms with E-state index >= 15 is 0 Å². The molecule has 23 heavy (non-hydrogen) atoms. The molecule has 1 N–H and O–H groups in total. The Hall–Kier alpha value is -1.57. The molecule has 0 heterocycles. The summed E-state index contributed by atoms with van der Waals surface area (Å²) in [5.74, 6) is 4.85. The molecule has 8 unspecified atom stereocenters. The highest BCUT2D eigenvalue weighted by Crippen LogP contribution is 2.69. The number of hydrogen-bond donors (Lipinski definition) is 1. The van der Waals surface area contributed by atoms with E-state index in [0.717, 1.165) is 17.8 Å². The molecule has 0 aliphatic heterocycles. The molecule has 3 fully saturated rings. The van der Waals surface area contributed by atoms with Gasteiger partial charge in [0.15, 0.2) is 0 Å². The smallest absolute Gasteiger partial charge is 0.303 e. The molecule has 4 aliphatic carbocycles. The molecule has 0 spiro atoms. The fourth-order valence-corrected chi connectivity index (χ4v) is 6.79. The number of allylic oxidation sites excluding steroid dienone is 2. The summed E-state index contributed by atoms with van der Waals surface area (Å²) in [6.45, 7) is 0. The Bertz CT molecular complexity index is 649. The predicted octanol–water partition coefficient (Wildman–Crippen LogP) is 4.34. The zero-order chi connectivity index (χ0) is 15.6. The lowest BCUT2D eigenvalue weighted by atomic mass is 9.49. The SMILES string of the molecule is O=C(O)CC1C2C=CC3C(c4ccccc4)CCC4CC1C2C43. The summed E-state index contributed by atoms with van der Waals surface area (Å²) in [7, 11) is 0. The van der Waals surface area contributed by atoms with Crippen molar-refractivity contribution in [3.8, 4) is 0 Å². The van der Waals surface area contributed by atoms with Crippen molar-refractivity contribution in [2.75, 3.05) is 0 Å². The maximum Gasteiger partial charge on any atom is 0.303 e. The molecule has 8 atom stereocenters. The molecule has 3 saturated carbocycles. The van der Waals surface area contributed by atoms with Gasteiger partial charge in [-0.25, -0.2) is 0 Å². The average molecular weight is 308 g/mol. The van der Waals surface area contributed by atoms with Gasteiger partial charge in [-0.15, -0.1) is 0 Å². The second-order valence-corrected chi connectivity index (χ2v) is 8.21. The van der Waals surface area contributed by atoms with Gasteiger partial charge in [0.05, 0.1) is 0 Å². The normalized spacial score (nSPS) is 46.1. The van der Waals surface area contributed by atoms with Gasteiger partial charge in [0.1, 0.15) is 0 Å². The van der Waals surface area contributed by atoms with Crippen molar-refractivity contribution in [2.45, 2.75) is 31.6 Å². The second-order valence-electron chi connectivity index (χ2n) is 8.21. The molecule has 2 nitrogen and oxygen atoms in total. The highest BCUT2D eigenvalue weighted by Gasteiger charge is 2.63. The monoisotopic (exact) mass is 308 g/mol. The summed E-state index contributed by atoms with van der Waals surface area (Å²) in [4.78, 5) is 11.2. The van der Waals surface area contributed by atoms with E-state index in [-0.39, 0.29) is 0 Å². The van der Waals surface area contributed by atoms with Gasteiger partial charge in [0, 0.05) is 6.42 Å². The van der Waals surface area contributed by atoms with Crippen LogP contribution in [0.5, 0.6) is 0 Å². The van der Waals surface area contributed by atoms with E-state index in [1.165, 1.54) is 24.8 Å². The summed E-state index contributed by atoms with van der Waals surface area (Å²) in [6.07, 6.45) is 9.19. The van der Waals surface area contributed by atoms with E-state index in [0.29, 0.717) is 36.0 Å². The van der Waals surface area contributed by atoms with Gasteiger partial charge in [-0.2, -0.15) is 0 Å². The maximum atomic E-state index is 11.2. The first kappa shape index (κ1) is 13.8. The van der Waals surface area contributed by atoms with E-state index in [9.17, 15) is 9.90 Å². The molecule has 4 aliphatic rings. The number of rotatable bonds is 3. The first-order chi connectivity index (χ1) is 11.2. The zero-order valence-electron chi connectivity index (χ0n) is 13.3. The van der Waals surface area contributed by atoms with Crippen LogP contribution in [0.4, 0.5) is 0 Å². The van der Waals surface area contributed by atoms with Crippen molar-refractivity contribution in [3.05, 3.63) is 48.0 Å². The minimum Gasteiger partial charge on any atom is -0.481 e. The minimum absolute atomic E-state index is 0.377. The molecule has 0 bridgehead atoms. The van der Waals surface area contributed by atoms with Crippen LogP contribution in [-0.4, -0.2) is 11.1 Å². The van der Waals surface area contributed by atoms with Crippen molar-refractivity contribution in [1.29, 1.82) is 0 Å². The number of aliphatic carboxylic acids is 1. The Kier molecular flexibility index (Phi) is 2.98. The van der Waals surface area contributed by atoms with Crippen LogP contribution in [0.3, 0.4) is 0 Å². The molecule has 0 saturated heterocycles. The Balaban J connectivity index is 1.47. The van der Waals surface area contributed by atoms with Gasteiger partial charge >= 0.3 is 5.97 Å². The van der Waals surface area contributed by atoms with E-state index in [2.05, 4.69) is 42.5 Å². The molecule has 0 amide bonds. The number of carboxylic acid groups (broad SMARTS) is 1. The predicted molar refractivity (Wildman–Crippen MR) is 88.9 cm³/mol. The van der Waals surface area contributed by atoms with Crippen molar-refractivity contribution < 1.29 is 9.90 Å².